The van der Waals surface area contributed by atoms with E-state index in [1.807, 2.05) is 6.08 Å². The lowest BCUT2D eigenvalue weighted by atomic mass is 10.0. The fraction of sp³-hybridized carbons (Fsp3) is 0.273. The predicted molar refractivity (Wildman–Crippen MR) is 63.6 cm³/mol. The van der Waals surface area contributed by atoms with E-state index in [2.05, 4.69) is 60.4 Å². The smallest absolute Gasteiger partial charge is 0.0362 e. The van der Waals surface area contributed by atoms with Gasteiger partial charge in [0, 0.05) is 3.92 Å². The third-order valence-corrected chi connectivity index (χ3v) is 3.46. The summed E-state index contributed by atoms with van der Waals surface area (Å²) in [6.45, 7) is 6.01. The molecule has 64 valence electrons. The fourth-order valence-electron chi connectivity index (χ4n) is 1.20. The van der Waals surface area contributed by atoms with Crippen molar-refractivity contribution in [3.63, 3.8) is 0 Å². The number of hydrogen-bond donors (Lipinski definition) is 0. The third-order valence-electron chi connectivity index (χ3n) is 1.91. The normalized spacial score (nSPS) is 12.5. The van der Waals surface area contributed by atoms with Crippen molar-refractivity contribution in [2.45, 2.75) is 17.3 Å². The van der Waals surface area contributed by atoms with E-state index in [0.29, 0.717) is 3.92 Å². The second kappa shape index (κ2) is 4.65. The molecular formula is C11H13I. The van der Waals surface area contributed by atoms with Gasteiger partial charge in [-0.2, -0.15) is 0 Å². The maximum atomic E-state index is 3.80. The molecular weight excluding hydrogens is 259 g/mol. The molecule has 0 nitrogen and oxygen atoms in total. The molecule has 0 aliphatic carbocycles. The standard InChI is InChI=1S/C11H13I/c1-3-9-7-5-6-8-10(9)11(12)4-2/h3,5-8,11H,1,4H2,2H3. The van der Waals surface area contributed by atoms with Crippen LogP contribution >= 0.6 is 22.6 Å². The SMILES string of the molecule is C=Cc1ccccc1C(I)CC. The first-order valence-corrected chi connectivity index (χ1v) is 5.39. The Morgan fingerprint density at radius 3 is 2.75 bits per heavy atom. The van der Waals surface area contributed by atoms with Gasteiger partial charge in [-0.1, -0.05) is 66.4 Å². The van der Waals surface area contributed by atoms with Gasteiger partial charge in [0.2, 0.25) is 0 Å². The van der Waals surface area contributed by atoms with E-state index in [1.165, 1.54) is 17.5 Å². The van der Waals surface area contributed by atoms with Gasteiger partial charge in [0.05, 0.1) is 0 Å². The molecule has 1 aromatic carbocycles. The maximum Gasteiger partial charge on any atom is 0.0362 e. The highest BCUT2D eigenvalue weighted by Gasteiger charge is 2.06. The zero-order valence-electron chi connectivity index (χ0n) is 7.26. The van der Waals surface area contributed by atoms with E-state index in [9.17, 15) is 0 Å². The minimum absolute atomic E-state index is 0.608. The summed E-state index contributed by atoms with van der Waals surface area (Å²) in [7, 11) is 0. The van der Waals surface area contributed by atoms with Crippen LogP contribution in [0.1, 0.15) is 28.4 Å². The van der Waals surface area contributed by atoms with Crippen molar-refractivity contribution in [2.24, 2.45) is 0 Å². The van der Waals surface area contributed by atoms with Gasteiger partial charge < -0.3 is 0 Å². The average molecular weight is 272 g/mol. The number of hydrogen-bond acceptors (Lipinski definition) is 0. The van der Waals surface area contributed by atoms with Crippen LogP contribution in [0.2, 0.25) is 0 Å². The molecule has 0 amide bonds. The number of rotatable bonds is 3. The summed E-state index contributed by atoms with van der Waals surface area (Å²) >= 11 is 2.47. The van der Waals surface area contributed by atoms with Gasteiger partial charge in [0.15, 0.2) is 0 Å². The van der Waals surface area contributed by atoms with Crippen molar-refractivity contribution in [3.05, 3.63) is 42.0 Å². The van der Waals surface area contributed by atoms with Gasteiger partial charge >= 0.3 is 0 Å². The van der Waals surface area contributed by atoms with Gasteiger partial charge in [0.25, 0.3) is 0 Å². The minimum atomic E-state index is 0.608. The van der Waals surface area contributed by atoms with Crippen molar-refractivity contribution in [1.29, 1.82) is 0 Å². The summed E-state index contributed by atoms with van der Waals surface area (Å²) in [5.74, 6) is 0. The van der Waals surface area contributed by atoms with Gasteiger partial charge in [-0.05, 0) is 17.5 Å². The molecule has 1 aromatic rings. The predicted octanol–water partition coefficient (Wildman–Crippen LogP) is 4.22. The second-order valence-corrected chi connectivity index (χ2v) is 4.21. The molecule has 0 aliphatic heterocycles. The summed E-state index contributed by atoms with van der Waals surface area (Å²) in [4.78, 5) is 0. The van der Waals surface area contributed by atoms with Gasteiger partial charge in [-0.25, -0.2) is 0 Å². The van der Waals surface area contributed by atoms with Crippen LogP contribution in [0.25, 0.3) is 6.08 Å². The number of halogens is 1. The van der Waals surface area contributed by atoms with E-state index in [4.69, 9.17) is 0 Å². The van der Waals surface area contributed by atoms with Crippen molar-refractivity contribution in [2.75, 3.05) is 0 Å². The van der Waals surface area contributed by atoms with Crippen LogP contribution in [0.3, 0.4) is 0 Å². The van der Waals surface area contributed by atoms with Crippen LogP contribution in [-0.4, -0.2) is 0 Å². The summed E-state index contributed by atoms with van der Waals surface area (Å²) < 4.78 is 0.608. The van der Waals surface area contributed by atoms with Crippen molar-refractivity contribution < 1.29 is 0 Å². The molecule has 1 unspecified atom stereocenters. The highest BCUT2D eigenvalue weighted by Crippen LogP contribution is 2.29. The first-order chi connectivity index (χ1) is 5.79. The summed E-state index contributed by atoms with van der Waals surface area (Å²) in [5, 5.41) is 0. The van der Waals surface area contributed by atoms with Gasteiger partial charge in [-0.3, -0.25) is 0 Å². The minimum Gasteiger partial charge on any atom is -0.0985 e. The third kappa shape index (κ3) is 2.09. The summed E-state index contributed by atoms with van der Waals surface area (Å²) in [6, 6.07) is 8.43. The van der Waals surface area contributed by atoms with E-state index in [-0.39, 0.29) is 0 Å². The molecule has 0 radical (unpaired) electrons. The van der Waals surface area contributed by atoms with Crippen LogP contribution in [0, 0.1) is 0 Å². The Balaban J connectivity index is 3.04. The Morgan fingerprint density at radius 1 is 1.50 bits per heavy atom. The average Bonchev–Trinajstić information content (AvgIpc) is 2.16. The fourth-order valence-corrected chi connectivity index (χ4v) is 1.77. The Morgan fingerprint density at radius 2 is 2.17 bits per heavy atom. The molecule has 0 heterocycles. The van der Waals surface area contributed by atoms with Crippen molar-refractivity contribution in [3.8, 4) is 0 Å². The number of alkyl halides is 1. The Hall–Kier alpha value is -0.310. The maximum absolute atomic E-state index is 3.80. The van der Waals surface area contributed by atoms with Crippen LogP contribution in [0.15, 0.2) is 30.8 Å². The van der Waals surface area contributed by atoms with Crippen LogP contribution in [0.4, 0.5) is 0 Å². The van der Waals surface area contributed by atoms with Crippen molar-refractivity contribution in [1.82, 2.24) is 0 Å². The second-order valence-electron chi connectivity index (χ2n) is 2.71. The van der Waals surface area contributed by atoms with Crippen LogP contribution in [0.5, 0.6) is 0 Å². The molecule has 1 rings (SSSR count). The molecule has 0 N–H and O–H groups in total. The van der Waals surface area contributed by atoms with Crippen molar-refractivity contribution >= 4 is 28.7 Å². The largest absolute Gasteiger partial charge is 0.0985 e. The molecule has 0 saturated carbocycles. The number of benzene rings is 1. The quantitative estimate of drug-likeness (QED) is 0.571. The molecule has 0 bridgehead atoms. The summed E-state index contributed by atoms with van der Waals surface area (Å²) in [5.41, 5.74) is 2.66. The first-order valence-electron chi connectivity index (χ1n) is 4.15. The Kier molecular flexibility index (Phi) is 3.79. The summed E-state index contributed by atoms with van der Waals surface area (Å²) in [6.07, 6.45) is 3.10. The molecule has 1 atom stereocenters. The lowest BCUT2D eigenvalue weighted by molar-refractivity contribution is 0.926. The molecule has 12 heavy (non-hydrogen) atoms. The highest BCUT2D eigenvalue weighted by atomic mass is 127. The first kappa shape index (κ1) is 9.78. The van der Waals surface area contributed by atoms with Gasteiger partial charge in [0.1, 0.15) is 0 Å². The van der Waals surface area contributed by atoms with E-state index in [0.717, 1.165) is 0 Å². The lowest BCUT2D eigenvalue weighted by Crippen LogP contribution is -1.90. The molecule has 0 saturated heterocycles. The van der Waals surface area contributed by atoms with E-state index >= 15 is 0 Å². The highest BCUT2D eigenvalue weighted by molar-refractivity contribution is 14.1. The zero-order valence-corrected chi connectivity index (χ0v) is 9.41. The monoisotopic (exact) mass is 272 g/mol. The molecule has 0 fully saturated rings. The Bertz CT molecular complexity index is 265. The van der Waals surface area contributed by atoms with Crippen LogP contribution < -0.4 is 0 Å². The zero-order chi connectivity index (χ0) is 8.97. The topological polar surface area (TPSA) is 0 Å². The molecule has 0 spiro atoms. The van der Waals surface area contributed by atoms with Crippen LogP contribution in [-0.2, 0) is 0 Å². The molecule has 0 aromatic heterocycles. The van der Waals surface area contributed by atoms with E-state index in [1.54, 1.807) is 0 Å². The Labute approximate surface area is 87.8 Å². The van der Waals surface area contributed by atoms with E-state index < -0.39 is 0 Å². The lowest BCUT2D eigenvalue weighted by Gasteiger charge is -2.10. The molecule has 1 heteroatoms. The molecule has 0 aliphatic rings. The van der Waals surface area contributed by atoms with Gasteiger partial charge in [-0.15, -0.1) is 0 Å².